The lowest BCUT2D eigenvalue weighted by molar-refractivity contribution is -0.286. The second kappa shape index (κ2) is 9.62. The van der Waals surface area contributed by atoms with Gasteiger partial charge in [0.2, 0.25) is 0 Å². The van der Waals surface area contributed by atoms with Crippen LogP contribution in [0.15, 0.2) is 24.3 Å². The molecule has 2 amide bonds. The number of methoxy groups -OCH3 is 1. The van der Waals surface area contributed by atoms with Gasteiger partial charge in [-0.2, -0.15) is 0 Å². The Morgan fingerprint density at radius 2 is 1.80 bits per heavy atom. The number of halogens is 2. The van der Waals surface area contributed by atoms with E-state index < -0.39 is 23.6 Å². The van der Waals surface area contributed by atoms with Gasteiger partial charge in [-0.05, 0) is 57.2 Å². The third-order valence-electron chi connectivity index (χ3n) is 9.50. The lowest BCUT2D eigenvalue weighted by Crippen LogP contribution is -2.64. The number of thiazole rings is 1. The van der Waals surface area contributed by atoms with Crippen LogP contribution in [-0.2, 0) is 9.47 Å². The van der Waals surface area contributed by atoms with Crippen LogP contribution in [-0.4, -0.2) is 73.2 Å². The van der Waals surface area contributed by atoms with Crippen molar-refractivity contribution in [2.75, 3.05) is 37.1 Å². The highest BCUT2D eigenvalue weighted by molar-refractivity contribution is 7.22. The molecule has 11 nitrogen and oxygen atoms in total. The highest BCUT2D eigenvalue weighted by Gasteiger charge is 2.49. The van der Waals surface area contributed by atoms with E-state index in [1.54, 1.807) is 12.1 Å². The van der Waals surface area contributed by atoms with Crippen LogP contribution in [0.3, 0.4) is 0 Å². The highest BCUT2D eigenvalue weighted by Crippen LogP contribution is 2.47. The van der Waals surface area contributed by atoms with E-state index in [0.29, 0.717) is 35.8 Å². The molecule has 5 fully saturated rings. The quantitative estimate of drug-likeness (QED) is 0.401. The maximum Gasteiger partial charge on any atom is 0.586 e. The first-order valence-electron chi connectivity index (χ1n) is 14.6. The Morgan fingerprint density at radius 3 is 2.45 bits per heavy atom. The topological polar surface area (TPSA) is 120 Å². The van der Waals surface area contributed by atoms with Crippen molar-refractivity contribution in [3.8, 4) is 17.2 Å². The molecule has 2 N–H and O–H groups in total. The highest BCUT2D eigenvalue weighted by atomic mass is 32.1. The molecule has 0 spiro atoms. The number of fused-ring (bicyclic) bond motifs is 7. The molecule has 2 unspecified atom stereocenters. The molecule has 4 saturated heterocycles. The van der Waals surface area contributed by atoms with Gasteiger partial charge in [0.15, 0.2) is 16.6 Å². The second-order valence-electron chi connectivity index (χ2n) is 12.4. The summed E-state index contributed by atoms with van der Waals surface area (Å²) in [4.78, 5) is 34.8. The summed E-state index contributed by atoms with van der Waals surface area (Å²) in [7, 11) is 1.46. The number of alkyl halides is 2. The summed E-state index contributed by atoms with van der Waals surface area (Å²) in [6.07, 6.45) is 0.145. The Kier molecular flexibility index (Phi) is 6.07. The molecule has 0 radical (unpaired) electrons. The number of benzene rings is 2. The molecule has 5 aliphatic heterocycles. The molecule has 44 heavy (non-hydrogen) atoms. The number of carbonyl (C=O) groups excluding carboxylic acids is 2. The molecule has 2 atom stereocenters. The van der Waals surface area contributed by atoms with Crippen molar-refractivity contribution in [1.29, 1.82) is 0 Å². The molecular formula is C30H30F2N4O7S. The normalized spacial score (nSPS) is 29.3. The summed E-state index contributed by atoms with van der Waals surface area (Å²) in [6, 6.07) is 6.29. The smallest absolute Gasteiger partial charge is 0.496 e. The number of nitrogens with one attached hydrogen (secondary N) is 2. The molecule has 4 bridgehead atoms. The number of aromatic nitrogens is 1. The van der Waals surface area contributed by atoms with E-state index in [4.69, 9.17) is 19.2 Å². The summed E-state index contributed by atoms with van der Waals surface area (Å²) in [6.45, 7) is 3.67. The van der Waals surface area contributed by atoms with Gasteiger partial charge in [-0.3, -0.25) is 9.59 Å². The Hall–Kier alpha value is -3.75. The molecule has 1 saturated carbocycles. The van der Waals surface area contributed by atoms with Crippen LogP contribution in [0.4, 0.5) is 19.6 Å². The zero-order chi connectivity index (χ0) is 30.4. The standard InChI is InChI=1S/C30H30F2N4O7S/c1-28-5-7-29(8-6-28,14-41-28)35-25(37)17-10-21-22(43-30(31,32)42-21)11-19(17)33-26(38)23-20(39-2)4-3-18-24(23)44-27(34-18)36-15-9-16(36)13-40-12-15/h3-4,10-11,15-16H,5-9,12-14H2,1-2H3,(H,33,38)(H,35,37). The number of hydrogen-bond donors (Lipinski definition) is 2. The first kappa shape index (κ1) is 27.8. The summed E-state index contributed by atoms with van der Waals surface area (Å²) in [5.41, 5.74) is -0.0170. The van der Waals surface area contributed by atoms with Crippen LogP contribution in [0.25, 0.3) is 10.2 Å². The summed E-state index contributed by atoms with van der Waals surface area (Å²) < 4.78 is 55.2. The van der Waals surface area contributed by atoms with Gasteiger partial charge in [0.05, 0.1) is 71.6 Å². The molecule has 2 aromatic carbocycles. The van der Waals surface area contributed by atoms with Gasteiger partial charge in [-0.1, -0.05) is 11.3 Å². The van der Waals surface area contributed by atoms with Crippen LogP contribution >= 0.6 is 11.3 Å². The summed E-state index contributed by atoms with van der Waals surface area (Å²) in [5, 5.41) is 6.63. The Bertz CT molecular complexity index is 1680. The minimum atomic E-state index is -3.91. The average Bonchev–Trinajstić information content (AvgIpc) is 3.55. The van der Waals surface area contributed by atoms with Crippen LogP contribution in [0.1, 0.15) is 59.7 Å². The fraction of sp³-hybridized carbons (Fsp3) is 0.500. The number of carbonyl (C=O) groups is 2. The average molecular weight is 629 g/mol. The van der Waals surface area contributed by atoms with Crippen LogP contribution in [0, 0.1) is 0 Å². The lowest BCUT2D eigenvalue weighted by Gasteiger charge is -2.52. The van der Waals surface area contributed by atoms with E-state index in [-0.39, 0.29) is 46.0 Å². The molecule has 9 rings (SSSR count). The Morgan fingerprint density at radius 1 is 1.07 bits per heavy atom. The molecular weight excluding hydrogens is 598 g/mol. The largest absolute Gasteiger partial charge is 0.586 e. The Balaban J connectivity index is 1.14. The van der Waals surface area contributed by atoms with Crippen molar-refractivity contribution in [3.05, 3.63) is 35.4 Å². The van der Waals surface area contributed by atoms with E-state index in [1.807, 2.05) is 0 Å². The van der Waals surface area contributed by atoms with Gasteiger partial charge in [-0.15, -0.1) is 8.78 Å². The number of anilines is 2. The van der Waals surface area contributed by atoms with Gasteiger partial charge < -0.3 is 39.2 Å². The molecule has 6 aliphatic rings. The first-order chi connectivity index (χ1) is 21.0. The van der Waals surface area contributed by atoms with Crippen molar-refractivity contribution >= 4 is 44.2 Å². The molecule has 3 aromatic rings. The van der Waals surface area contributed by atoms with E-state index >= 15 is 0 Å². The number of amides is 2. The number of ether oxygens (including phenoxy) is 5. The first-order valence-corrected chi connectivity index (χ1v) is 15.4. The molecule has 1 aliphatic carbocycles. The summed E-state index contributed by atoms with van der Waals surface area (Å²) >= 11 is 1.37. The fourth-order valence-electron chi connectivity index (χ4n) is 6.91. The lowest BCUT2D eigenvalue weighted by atomic mass is 9.72. The van der Waals surface area contributed by atoms with E-state index in [9.17, 15) is 18.4 Å². The number of rotatable bonds is 6. The zero-order valence-corrected chi connectivity index (χ0v) is 24.9. The molecule has 232 valence electrons. The van der Waals surface area contributed by atoms with Crippen molar-refractivity contribution in [1.82, 2.24) is 10.3 Å². The molecule has 1 aromatic heterocycles. The minimum Gasteiger partial charge on any atom is -0.496 e. The number of hydrogen-bond acceptors (Lipinski definition) is 10. The second-order valence-corrected chi connectivity index (χ2v) is 13.4. The van der Waals surface area contributed by atoms with E-state index in [0.717, 1.165) is 37.2 Å². The predicted molar refractivity (Wildman–Crippen MR) is 155 cm³/mol. The van der Waals surface area contributed by atoms with Gasteiger partial charge >= 0.3 is 6.29 Å². The maximum atomic E-state index is 14.0. The van der Waals surface area contributed by atoms with E-state index in [1.165, 1.54) is 30.6 Å². The SMILES string of the molecule is COc1ccc2nc(N3C4COCC3C4)sc2c1C(=O)Nc1cc2c(cc1C(=O)NC13CCC(C)(CC1)OC3)OC(F)(F)O2. The third kappa shape index (κ3) is 4.45. The van der Waals surface area contributed by atoms with Crippen LogP contribution < -0.4 is 29.7 Å². The number of nitrogens with zero attached hydrogens (tertiary/aromatic N) is 2. The van der Waals surface area contributed by atoms with E-state index in [2.05, 4.69) is 31.9 Å². The third-order valence-corrected chi connectivity index (χ3v) is 10.6. The van der Waals surface area contributed by atoms with Crippen molar-refractivity contribution < 1.29 is 42.1 Å². The monoisotopic (exact) mass is 628 g/mol. The molecule has 6 heterocycles. The minimum absolute atomic E-state index is 0.0143. The van der Waals surface area contributed by atoms with Crippen molar-refractivity contribution in [2.45, 2.75) is 68.5 Å². The van der Waals surface area contributed by atoms with Gasteiger partial charge in [-0.25, -0.2) is 4.98 Å². The number of morpholine rings is 1. The van der Waals surface area contributed by atoms with Crippen LogP contribution in [0.2, 0.25) is 0 Å². The summed E-state index contributed by atoms with van der Waals surface area (Å²) in [5.74, 6) is -1.44. The predicted octanol–water partition coefficient (Wildman–Crippen LogP) is 4.69. The Labute approximate surface area is 254 Å². The maximum absolute atomic E-state index is 14.0. The van der Waals surface area contributed by atoms with Gasteiger partial charge in [0.25, 0.3) is 11.8 Å². The molecule has 14 heteroatoms. The van der Waals surface area contributed by atoms with Crippen molar-refractivity contribution in [2.24, 2.45) is 0 Å². The van der Waals surface area contributed by atoms with Crippen molar-refractivity contribution in [3.63, 3.8) is 0 Å². The van der Waals surface area contributed by atoms with Crippen LogP contribution in [0.5, 0.6) is 17.2 Å². The van der Waals surface area contributed by atoms with Gasteiger partial charge in [0.1, 0.15) is 11.3 Å². The zero-order valence-electron chi connectivity index (χ0n) is 24.0. The van der Waals surface area contributed by atoms with Gasteiger partial charge in [0, 0.05) is 6.07 Å². The fourth-order valence-corrected chi connectivity index (χ4v) is 8.15.